The van der Waals surface area contributed by atoms with Crippen molar-refractivity contribution < 1.29 is 9.18 Å². The zero-order valence-corrected chi connectivity index (χ0v) is 23.5. The molecule has 1 saturated heterocycles. The Morgan fingerprint density at radius 1 is 1.18 bits per heavy atom. The number of hydrogen-bond donors (Lipinski definition) is 1. The average molecular weight is 556 g/mol. The van der Waals surface area contributed by atoms with Gasteiger partial charge >= 0.3 is 5.69 Å². The van der Waals surface area contributed by atoms with Crippen molar-refractivity contribution in [3.8, 4) is 11.1 Å². The van der Waals surface area contributed by atoms with Gasteiger partial charge in [-0.2, -0.15) is 4.98 Å². The maximum atomic E-state index is 14.2. The second-order valence-electron chi connectivity index (χ2n) is 10.3. The topological polar surface area (TPSA) is 84.5 Å². The molecule has 2 N–H and O–H groups in total. The highest BCUT2D eigenvalue weighted by Gasteiger charge is 2.34. The number of hydrogen-bond acceptors (Lipinski definition) is 6. The van der Waals surface area contributed by atoms with E-state index in [0.29, 0.717) is 31.2 Å². The predicted octanol–water partition coefficient (Wildman–Crippen LogP) is 4.52. The Morgan fingerprint density at radius 3 is 2.53 bits per heavy atom. The summed E-state index contributed by atoms with van der Waals surface area (Å²) < 4.78 is 15.9. The lowest BCUT2D eigenvalue weighted by molar-refractivity contribution is -0.130. The van der Waals surface area contributed by atoms with Crippen molar-refractivity contribution in [2.75, 3.05) is 23.7 Å². The number of halogens is 2. The zero-order chi connectivity index (χ0) is 27.5. The molecule has 5 rings (SSSR count). The summed E-state index contributed by atoms with van der Waals surface area (Å²) in [6.07, 6.45) is 1.34. The summed E-state index contributed by atoms with van der Waals surface area (Å²) in [6, 6.07) is 4.74. The van der Waals surface area contributed by atoms with E-state index in [1.807, 2.05) is 32.6 Å². The third-order valence-electron chi connectivity index (χ3n) is 7.44. The Morgan fingerprint density at radius 2 is 1.87 bits per heavy atom. The lowest BCUT2D eigenvalue weighted by Gasteiger charge is -2.44. The highest BCUT2D eigenvalue weighted by molar-refractivity contribution is 7.99. The van der Waals surface area contributed by atoms with Gasteiger partial charge in [0.1, 0.15) is 11.6 Å². The van der Waals surface area contributed by atoms with Crippen LogP contribution in [0.15, 0.2) is 40.5 Å². The van der Waals surface area contributed by atoms with Gasteiger partial charge < -0.3 is 15.5 Å². The summed E-state index contributed by atoms with van der Waals surface area (Å²) in [5.74, 6) is 0.649. The molecular formula is C28H31ClFN5O2S. The van der Waals surface area contributed by atoms with E-state index in [1.165, 1.54) is 12.1 Å². The Kier molecular flexibility index (Phi) is 7.04. The number of piperazine rings is 1. The summed E-state index contributed by atoms with van der Waals surface area (Å²) in [7, 11) is 0. The van der Waals surface area contributed by atoms with Crippen molar-refractivity contribution in [3.05, 3.63) is 63.3 Å². The van der Waals surface area contributed by atoms with E-state index in [9.17, 15) is 14.0 Å². The Balaban J connectivity index is 1.76. The van der Waals surface area contributed by atoms with Gasteiger partial charge in [0.15, 0.2) is 0 Å². The molecule has 2 aromatic carbocycles. The summed E-state index contributed by atoms with van der Waals surface area (Å²) in [5.41, 5.74) is 10.3. The molecule has 0 aliphatic carbocycles. The van der Waals surface area contributed by atoms with Crippen LogP contribution in [0.5, 0.6) is 0 Å². The standard InChI is InChI=1S/C28H31ClFN5O2S/c1-6-23(36)35-16(4)10-33(11-17(35)5)27-20-7-15(3)24(19-9-21(29)22(30)8-14(19)2)26-25(20)34(28(37)32-27)12-18(31)13-38-26/h6-9,16-18H,1,10-13,31H2,2-5H3/t16-,17+,18?. The van der Waals surface area contributed by atoms with E-state index in [4.69, 9.17) is 17.3 Å². The normalized spacial score (nSPS) is 21.5. The van der Waals surface area contributed by atoms with Crippen LogP contribution in [-0.4, -0.2) is 57.3 Å². The van der Waals surface area contributed by atoms with Crippen molar-refractivity contribution in [1.82, 2.24) is 14.5 Å². The van der Waals surface area contributed by atoms with Crippen LogP contribution in [0.25, 0.3) is 22.0 Å². The number of thioether (sulfide) groups is 1. The maximum Gasteiger partial charge on any atom is 0.350 e. The van der Waals surface area contributed by atoms with Crippen LogP contribution in [0.2, 0.25) is 5.02 Å². The molecule has 1 amide bonds. The first-order valence-electron chi connectivity index (χ1n) is 12.6. The molecule has 1 fully saturated rings. The maximum absolute atomic E-state index is 14.2. The van der Waals surface area contributed by atoms with E-state index in [-0.39, 0.29) is 34.7 Å². The highest BCUT2D eigenvalue weighted by Crippen LogP contribution is 2.45. The third-order valence-corrected chi connectivity index (χ3v) is 9.01. The highest BCUT2D eigenvalue weighted by atomic mass is 35.5. The van der Waals surface area contributed by atoms with Gasteiger partial charge in [-0.25, -0.2) is 9.18 Å². The van der Waals surface area contributed by atoms with Crippen LogP contribution in [0.4, 0.5) is 10.2 Å². The molecule has 0 saturated carbocycles. The number of benzene rings is 2. The zero-order valence-electron chi connectivity index (χ0n) is 21.9. The molecule has 1 unspecified atom stereocenters. The van der Waals surface area contributed by atoms with Gasteiger partial charge in [-0.05, 0) is 68.7 Å². The van der Waals surface area contributed by atoms with Gasteiger partial charge in [0.25, 0.3) is 0 Å². The molecule has 0 radical (unpaired) electrons. The van der Waals surface area contributed by atoms with Crippen LogP contribution in [-0.2, 0) is 11.3 Å². The molecule has 7 nitrogen and oxygen atoms in total. The Labute approximate surface area is 230 Å². The monoisotopic (exact) mass is 555 g/mol. The fourth-order valence-electron chi connectivity index (χ4n) is 5.84. The van der Waals surface area contributed by atoms with E-state index in [2.05, 4.69) is 22.5 Å². The number of amides is 1. The summed E-state index contributed by atoms with van der Waals surface area (Å²) in [5, 5.41) is 0.909. The van der Waals surface area contributed by atoms with Gasteiger partial charge in [-0.1, -0.05) is 18.2 Å². The largest absolute Gasteiger partial charge is 0.352 e. The second-order valence-corrected chi connectivity index (χ2v) is 11.8. The lowest BCUT2D eigenvalue weighted by Crippen LogP contribution is -2.58. The summed E-state index contributed by atoms with van der Waals surface area (Å²) in [6.45, 7) is 12.9. The second kappa shape index (κ2) is 10.0. The Bertz CT molecular complexity index is 1530. The van der Waals surface area contributed by atoms with Crippen molar-refractivity contribution in [2.24, 2.45) is 5.73 Å². The quantitative estimate of drug-likeness (QED) is 0.478. The average Bonchev–Trinajstić information content (AvgIpc) is 3.03. The minimum atomic E-state index is -0.465. The van der Waals surface area contributed by atoms with E-state index in [0.717, 1.165) is 38.1 Å². The van der Waals surface area contributed by atoms with E-state index >= 15 is 0 Å². The van der Waals surface area contributed by atoms with Crippen LogP contribution in [0.1, 0.15) is 25.0 Å². The number of nitrogens with zero attached hydrogens (tertiary/aromatic N) is 4. The van der Waals surface area contributed by atoms with Crippen LogP contribution in [0.3, 0.4) is 0 Å². The van der Waals surface area contributed by atoms with Gasteiger partial charge in [0.05, 0.1) is 10.5 Å². The smallest absolute Gasteiger partial charge is 0.350 e. The SMILES string of the molecule is C=CC(=O)N1[C@H](C)CN(c2nc(=O)n3c4c(c(-c5cc(Cl)c(F)cc5C)c(C)cc24)SCC(N)C3)C[C@@H]1C. The molecular weight excluding hydrogens is 525 g/mol. The van der Waals surface area contributed by atoms with Crippen molar-refractivity contribution in [2.45, 2.75) is 57.3 Å². The number of aryl methyl sites for hydroxylation is 2. The van der Waals surface area contributed by atoms with Gasteiger partial charge in [0, 0.05) is 59.4 Å². The number of carbonyl (C=O) groups is 1. The number of carbonyl (C=O) groups excluding carboxylic acids is 1. The first-order valence-corrected chi connectivity index (χ1v) is 14.0. The molecule has 200 valence electrons. The molecule has 38 heavy (non-hydrogen) atoms. The number of aromatic nitrogens is 2. The van der Waals surface area contributed by atoms with E-state index in [1.54, 1.807) is 22.4 Å². The predicted molar refractivity (Wildman–Crippen MR) is 153 cm³/mol. The number of nitrogens with two attached hydrogens (primary N) is 1. The molecule has 10 heteroatoms. The fourth-order valence-corrected chi connectivity index (χ4v) is 7.26. The number of rotatable bonds is 3. The van der Waals surface area contributed by atoms with Crippen LogP contribution >= 0.6 is 23.4 Å². The fraction of sp³-hybridized carbons (Fsp3) is 0.393. The van der Waals surface area contributed by atoms with Crippen LogP contribution < -0.4 is 16.3 Å². The summed E-state index contributed by atoms with van der Waals surface area (Å²) >= 11 is 7.82. The van der Waals surface area contributed by atoms with Crippen molar-refractivity contribution in [3.63, 3.8) is 0 Å². The first-order chi connectivity index (χ1) is 18.0. The summed E-state index contributed by atoms with van der Waals surface area (Å²) in [4.78, 5) is 35.4. The minimum Gasteiger partial charge on any atom is -0.352 e. The Hall–Kier alpha value is -2.88. The molecule has 1 aromatic heterocycles. The molecule has 3 atom stereocenters. The van der Waals surface area contributed by atoms with Gasteiger partial charge in [0.2, 0.25) is 5.91 Å². The molecule has 3 aromatic rings. The lowest BCUT2D eigenvalue weighted by atomic mass is 9.94. The number of anilines is 1. The molecule has 0 bridgehead atoms. The van der Waals surface area contributed by atoms with Gasteiger partial charge in [-0.3, -0.25) is 9.36 Å². The van der Waals surface area contributed by atoms with Gasteiger partial charge in [-0.15, -0.1) is 11.8 Å². The third kappa shape index (κ3) is 4.40. The van der Waals surface area contributed by atoms with Crippen molar-refractivity contribution >= 4 is 46.0 Å². The first kappa shape index (κ1) is 26.7. The molecule has 3 heterocycles. The van der Waals surface area contributed by atoms with Crippen molar-refractivity contribution in [1.29, 1.82) is 0 Å². The van der Waals surface area contributed by atoms with E-state index < -0.39 is 5.82 Å². The van der Waals surface area contributed by atoms with Crippen LogP contribution in [0, 0.1) is 19.7 Å². The minimum absolute atomic E-state index is 0.0512. The molecule has 2 aliphatic heterocycles. The molecule has 2 aliphatic rings. The molecule has 0 spiro atoms.